The van der Waals surface area contributed by atoms with Crippen LogP contribution in [0.4, 0.5) is 23.2 Å². The monoisotopic (exact) mass is 443 g/mol. The van der Waals surface area contributed by atoms with E-state index in [2.05, 4.69) is 10.1 Å². The maximum atomic E-state index is 14.3. The molecule has 4 nitrogen and oxygen atoms in total. The van der Waals surface area contributed by atoms with Gasteiger partial charge in [0.2, 0.25) is 0 Å². The summed E-state index contributed by atoms with van der Waals surface area (Å²) in [6.45, 7) is 4.53. The van der Waals surface area contributed by atoms with Gasteiger partial charge in [-0.25, -0.2) is 17.6 Å². The summed E-state index contributed by atoms with van der Waals surface area (Å²) in [6, 6.07) is 5.32. The molecule has 0 saturated carbocycles. The van der Waals surface area contributed by atoms with E-state index >= 15 is 0 Å². The highest BCUT2D eigenvalue weighted by atomic mass is 35.5. The van der Waals surface area contributed by atoms with E-state index in [1.807, 2.05) is 0 Å². The van der Waals surface area contributed by atoms with Crippen LogP contribution in [0.5, 0.6) is 0 Å². The first kappa shape index (κ1) is 22.4. The lowest BCUT2D eigenvalue weighted by molar-refractivity contribution is 0.253. The highest BCUT2D eigenvalue weighted by Gasteiger charge is 2.23. The van der Waals surface area contributed by atoms with Gasteiger partial charge < -0.3 is 9.42 Å². The molecule has 162 valence electrons. The molecule has 0 aliphatic carbocycles. The molecule has 0 atom stereocenters. The van der Waals surface area contributed by atoms with E-state index in [0.29, 0.717) is 38.2 Å². The first-order valence-electron chi connectivity index (χ1n) is 9.59. The van der Waals surface area contributed by atoms with E-state index < -0.39 is 17.5 Å². The third-order valence-corrected chi connectivity index (χ3v) is 5.47. The second kappa shape index (κ2) is 9.22. The summed E-state index contributed by atoms with van der Waals surface area (Å²) in [7, 11) is 0. The van der Waals surface area contributed by atoms with Crippen LogP contribution in [0.2, 0.25) is 0 Å². The van der Waals surface area contributed by atoms with Crippen LogP contribution in [0.1, 0.15) is 17.7 Å². The molecule has 4 rings (SSSR count). The van der Waals surface area contributed by atoms with Gasteiger partial charge in [0.25, 0.3) is 0 Å². The summed E-state index contributed by atoms with van der Waals surface area (Å²) in [5, 5.41) is 4.85. The van der Waals surface area contributed by atoms with Gasteiger partial charge >= 0.3 is 0 Å². The molecule has 2 heterocycles. The second-order valence-electron chi connectivity index (χ2n) is 7.33. The van der Waals surface area contributed by atoms with Gasteiger partial charge in [-0.1, -0.05) is 5.16 Å². The van der Waals surface area contributed by atoms with Crippen molar-refractivity contribution in [3.05, 3.63) is 58.8 Å². The maximum Gasteiger partial charge on any atom is 0.170 e. The van der Waals surface area contributed by atoms with Gasteiger partial charge in [-0.05, 0) is 38.4 Å². The molecular weight excluding hydrogens is 422 g/mol. The number of halogens is 5. The number of piperazine rings is 1. The van der Waals surface area contributed by atoms with Crippen LogP contribution in [0.25, 0.3) is 11.0 Å². The first-order valence-corrected chi connectivity index (χ1v) is 9.59. The molecule has 9 heteroatoms. The summed E-state index contributed by atoms with van der Waals surface area (Å²) in [5.41, 5.74) is 1.07. The molecule has 0 bridgehead atoms. The number of hydrogen-bond acceptors (Lipinski definition) is 4. The van der Waals surface area contributed by atoms with Gasteiger partial charge in [-0.2, -0.15) is 0 Å². The van der Waals surface area contributed by atoms with E-state index in [0.717, 1.165) is 30.1 Å². The molecule has 1 aliphatic heterocycles. The predicted molar refractivity (Wildman–Crippen MR) is 109 cm³/mol. The topological polar surface area (TPSA) is 32.5 Å². The predicted octanol–water partition coefficient (Wildman–Crippen LogP) is 4.87. The normalized spacial score (nSPS) is 14.9. The highest BCUT2D eigenvalue weighted by molar-refractivity contribution is 5.85. The molecule has 1 fully saturated rings. The smallest absolute Gasteiger partial charge is 0.170 e. The summed E-state index contributed by atoms with van der Waals surface area (Å²) in [6.07, 6.45) is 1.55. The minimum atomic E-state index is -1.13. The van der Waals surface area contributed by atoms with E-state index in [9.17, 15) is 17.6 Å². The van der Waals surface area contributed by atoms with Crippen molar-refractivity contribution in [1.29, 1.82) is 0 Å². The number of benzene rings is 2. The first-order chi connectivity index (χ1) is 13.9. The van der Waals surface area contributed by atoms with E-state index in [-0.39, 0.29) is 29.5 Å². The van der Waals surface area contributed by atoms with Crippen LogP contribution in [-0.4, -0.2) is 42.8 Å². The molecule has 3 aromatic rings. The molecule has 1 aromatic heterocycles. The number of aryl methyl sites for hydroxylation is 1. The lowest BCUT2D eigenvalue weighted by Crippen LogP contribution is -2.47. The van der Waals surface area contributed by atoms with Crippen molar-refractivity contribution in [1.82, 2.24) is 10.1 Å². The van der Waals surface area contributed by atoms with Crippen molar-refractivity contribution >= 4 is 29.1 Å². The molecule has 1 saturated heterocycles. The fraction of sp³-hybridized carbons (Fsp3) is 0.381. The summed E-state index contributed by atoms with van der Waals surface area (Å²) < 4.78 is 59.9. The number of hydrogen-bond donors (Lipinski definition) is 0. The van der Waals surface area contributed by atoms with Crippen molar-refractivity contribution in [2.75, 3.05) is 37.6 Å². The van der Waals surface area contributed by atoms with Gasteiger partial charge in [-0.15, -0.1) is 12.4 Å². The number of aromatic nitrogens is 1. The Morgan fingerprint density at radius 2 is 1.73 bits per heavy atom. The zero-order valence-electron chi connectivity index (χ0n) is 16.4. The van der Waals surface area contributed by atoms with E-state index in [1.54, 1.807) is 11.0 Å². The number of rotatable bonds is 5. The summed E-state index contributed by atoms with van der Waals surface area (Å²) >= 11 is 0. The SMILES string of the molecule is Cc1c(F)c(F)cc(N2CCN(CCCc3noc4cc(F)ccc34)CC2)c1F.Cl. The Hall–Kier alpha value is -2.32. The van der Waals surface area contributed by atoms with E-state index in [4.69, 9.17) is 4.52 Å². The molecule has 30 heavy (non-hydrogen) atoms. The Morgan fingerprint density at radius 3 is 2.47 bits per heavy atom. The van der Waals surface area contributed by atoms with Crippen molar-refractivity contribution < 1.29 is 22.1 Å². The van der Waals surface area contributed by atoms with Gasteiger partial charge in [0.1, 0.15) is 5.82 Å². The second-order valence-corrected chi connectivity index (χ2v) is 7.33. The average molecular weight is 444 g/mol. The average Bonchev–Trinajstić information content (AvgIpc) is 3.12. The summed E-state index contributed by atoms with van der Waals surface area (Å²) in [5.74, 6) is -3.22. The molecular formula is C21H22ClF4N3O. The van der Waals surface area contributed by atoms with Crippen molar-refractivity contribution in [2.24, 2.45) is 0 Å². The third-order valence-electron chi connectivity index (χ3n) is 5.47. The van der Waals surface area contributed by atoms with Gasteiger partial charge in [0.05, 0.1) is 11.4 Å². The number of fused-ring (bicyclic) bond motifs is 1. The zero-order chi connectivity index (χ0) is 20.5. The minimum absolute atomic E-state index is 0. The van der Waals surface area contributed by atoms with Crippen molar-refractivity contribution in [3.8, 4) is 0 Å². The molecule has 0 unspecified atom stereocenters. The van der Waals surface area contributed by atoms with Gasteiger partial charge in [0.15, 0.2) is 23.0 Å². The van der Waals surface area contributed by atoms with Crippen LogP contribution < -0.4 is 4.90 Å². The minimum Gasteiger partial charge on any atom is -0.367 e. The lowest BCUT2D eigenvalue weighted by Gasteiger charge is -2.36. The fourth-order valence-corrected chi connectivity index (χ4v) is 3.77. The van der Waals surface area contributed by atoms with Crippen LogP contribution in [0, 0.1) is 30.2 Å². The lowest BCUT2D eigenvalue weighted by atomic mass is 10.1. The standard InChI is InChI=1S/C21H21F4N3O.ClH/c1-13-20(24)16(23)12-18(21(13)25)28-9-7-27(8-10-28)6-2-3-17-15-5-4-14(22)11-19(15)29-26-17;/h4-5,11-12H,2-3,6-10H2,1H3;1H. The molecule has 0 spiro atoms. The number of anilines is 1. The van der Waals surface area contributed by atoms with Crippen LogP contribution in [0.15, 0.2) is 28.8 Å². The van der Waals surface area contributed by atoms with Crippen molar-refractivity contribution in [3.63, 3.8) is 0 Å². The Balaban J connectivity index is 0.00000256. The van der Waals surface area contributed by atoms with Crippen LogP contribution >= 0.6 is 12.4 Å². The molecule has 1 aliphatic rings. The van der Waals surface area contributed by atoms with Crippen LogP contribution in [0.3, 0.4) is 0 Å². The molecule has 2 aromatic carbocycles. The molecule has 0 radical (unpaired) electrons. The molecule has 0 amide bonds. The fourth-order valence-electron chi connectivity index (χ4n) is 3.77. The highest BCUT2D eigenvalue weighted by Crippen LogP contribution is 2.27. The van der Waals surface area contributed by atoms with Gasteiger partial charge in [-0.3, -0.25) is 4.90 Å². The largest absolute Gasteiger partial charge is 0.367 e. The van der Waals surface area contributed by atoms with Crippen molar-refractivity contribution in [2.45, 2.75) is 19.8 Å². The summed E-state index contributed by atoms with van der Waals surface area (Å²) in [4.78, 5) is 3.99. The Labute approximate surface area is 177 Å². The van der Waals surface area contributed by atoms with Gasteiger partial charge in [0, 0.05) is 49.3 Å². The number of nitrogens with zero attached hydrogens (tertiary/aromatic N) is 3. The molecule has 0 N–H and O–H groups in total. The quantitative estimate of drug-likeness (QED) is 0.416. The Kier molecular flexibility index (Phi) is 6.88. The van der Waals surface area contributed by atoms with Crippen LogP contribution in [-0.2, 0) is 6.42 Å². The Morgan fingerprint density at radius 1 is 1.00 bits per heavy atom. The van der Waals surface area contributed by atoms with E-state index in [1.165, 1.54) is 19.1 Å². The maximum absolute atomic E-state index is 14.3. The zero-order valence-corrected chi connectivity index (χ0v) is 17.2. The third kappa shape index (κ3) is 4.39. The Bertz CT molecular complexity index is 1030.